The third kappa shape index (κ3) is 2.57. The van der Waals surface area contributed by atoms with Crippen LogP contribution in [0, 0.1) is 16.7 Å². The van der Waals surface area contributed by atoms with Gasteiger partial charge in [-0.15, -0.1) is 0 Å². The Labute approximate surface area is 123 Å². The number of rotatable bonds is 2. The summed E-state index contributed by atoms with van der Waals surface area (Å²) in [5.41, 5.74) is 4.45. The van der Waals surface area contributed by atoms with Crippen LogP contribution in [0.25, 0.3) is 0 Å². The van der Waals surface area contributed by atoms with Crippen LogP contribution in [0.5, 0.6) is 0 Å². The Morgan fingerprint density at radius 3 is 2.50 bits per heavy atom. The quantitative estimate of drug-likeness (QED) is 0.774. The van der Waals surface area contributed by atoms with Gasteiger partial charge in [-0.2, -0.15) is 0 Å². The third-order valence-electron chi connectivity index (χ3n) is 5.59. The van der Waals surface area contributed by atoms with Gasteiger partial charge < -0.3 is 5.11 Å². The average Bonchev–Trinajstić information content (AvgIpc) is 2.29. The highest BCUT2D eigenvalue weighted by Gasteiger charge is 2.48. The highest BCUT2D eigenvalue weighted by molar-refractivity contribution is 5.67. The average molecular weight is 276 g/mol. The van der Waals surface area contributed by atoms with Gasteiger partial charge in [-0.3, -0.25) is 4.79 Å². The number of fused-ring (bicyclic) bond motifs is 1. The van der Waals surface area contributed by atoms with Crippen LogP contribution in [0.4, 0.5) is 0 Å². The van der Waals surface area contributed by atoms with Crippen molar-refractivity contribution < 1.29 is 9.90 Å². The van der Waals surface area contributed by atoms with E-state index < -0.39 is 5.97 Å². The Bertz CT molecular complexity index is 478. The fourth-order valence-corrected chi connectivity index (χ4v) is 4.30. The smallest absolute Gasteiger partial charge is 0.303 e. The molecule has 0 spiro atoms. The highest BCUT2D eigenvalue weighted by atomic mass is 16.4. The number of hydrogen-bond donors (Lipinski definition) is 1. The molecule has 112 valence electrons. The number of carboxylic acid groups (broad SMARTS) is 1. The van der Waals surface area contributed by atoms with E-state index in [4.69, 9.17) is 0 Å². The Morgan fingerprint density at radius 2 is 1.95 bits per heavy atom. The van der Waals surface area contributed by atoms with Crippen LogP contribution in [0.15, 0.2) is 22.8 Å². The maximum Gasteiger partial charge on any atom is 0.303 e. The molecule has 1 N–H and O–H groups in total. The van der Waals surface area contributed by atoms with Crippen molar-refractivity contribution in [1.82, 2.24) is 0 Å². The van der Waals surface area contributed by atoms with Gasteiger partial charge in [0, 0.05) is 6.42 Å². The van der Waals surface area contributed by atoms with E-state index in [1.807, 2.05) is 0 Å². The molecule has 1 fully saturated rings. The Morgan fingerprint density at radius 1 is 1.30 bits per heavy atom. The van der Waals surface area contributed by atoms with Gasteiger partial charge in [-0.25, -0.2) is 0 Å². The monoisotopic (exact) mass is 276 g/mol. The Hall–Kier alpha value is -1.05. The molecule has 2 atom stereocenters. The van der Waals surface area contributed by atoms with Crippen LogP contribution in [0.3, 0.4) is 0 Å². The molecule has 0 aromatic carbocycles. The summed E-state index contributed by atoms with van der Waals surface area (Å²) >= 11 is 0. The van der Waals surface area contributed by atoms with Gasteiger partial charge in [0.15, 0.2) is 0 Å². The van der Waals surface area contributed by atoms with Crippen LogP contribution in [-0.2, 0) is 4.79 Å². The first kappa shape index (κ1) is 15.3. The summed E-state index contributed by atoms with van der Waals surface area (Å²) in [4.78, 5) is 11.3. The molecule has 2 aliphatic rings. The van der Waals surface area contributed by atoms with Gasteiger partial charge >= 0.3 is 5.97 Å². The summed E-state index contributed by atoms with van der Waals surface area (Å²) in [6, 6.07) is 0. The lowest BCUT2D eigenvalue weighted by atomic mass is 9.52. The number of carbonyl (C=O) groups is 1. The first-order valence-electron chi connectivity index (χ1n) is 7.77. The SMILES string of the molecule is CC(C)=C1C=C2C(C)(C)CCC[C@]2(C)[C@@H](CC(=O)O)C1. The molecule has 2 rings (SSSR count). The molecule has 0 heterocycles. The van der Waals surface area contributed by atoms with Crippen molar-refractivity contribution in [1.29, 1.82) is 0 Å². The van der Waals surface area contributed by atoms with E-state index in [1.165, 1.54) is 29.6 Å². The normalized spacial score (nSPS) is 32.4. The first-order valence-corrected chi connectivity index (χ1v) is 7.77. The van der Waals surface area contributed by atoms with Gasteiger partial charge in [-0.1, -0.05) is 44.4 Å². The standard InChI is InChI=1S/C18H28O2/c1-12(2)13-9-14(11-16(19)20)18(5)8-6-7-17(3,4)15(18)10-13/h10,14H,6-9,11H2,1-5H3,(H,19,20)/t14-,18-/m1/s1. The predicted octanol–water partition coefficient (Wildman–Crippen LogP) is 4.96. The molecule has 2 heteroatoms. The van der Waals surface area contributed by atoms with Crippen molar-refractivity contribution >= 4 is 5.97 Å². The highest BCUT2D eigenvalue weighted by Crippen LogP contribution is 2.59. The van der Waals surface area contributed by atoms with Crippen molar-refractivity contribution in [3.63, 3.8) is 0 Å². The zero-order valence-electron chi connectivity index (χ0n) is 13.5. The van der Waals surface area contributed by atoms with Crippen molar-refractivity contribution in [2.45, 2.75) is 66.7 Å². The summed E-state index contributed by atoms with van der Waals surface area (Å²) in [6.45, 7) is 11.2. The zero-order valence-corrected chi connectivity index (χ0v) is 13.5. The summed E-state index contributed by atoms with van der Waals surface area (Å²) in [5.74, 6) is -0.418. The van der Waals surface area contributed by atoms with Crippen LogP contribution in [0.1, 0.15) is 66.7 Å². The van der Waals surface area contributed by atoms with E-state index in [0.717, 1.165) is 12.8 Å². The lowest BCUT2D eigenvalue weighted by molar-refractivity contribution is -0.139. The van der Waals surface area contributed by atoms with Crippen molar-refractivity contribution in [3.8, 4) is 0 Å². The minimum absolute atomic E-state index is 0.0685. The minimum Gasteiger partial charge on any atom is -0.481 e. The fourth-order valence-electron chi connectivity index (χ4n) is 4.30. The summed E-state index contributed by atoms with van der Waals surface area (Å²) in [6.07, 6.45) is 7.17. The van der Waals surface area contributed by atoms with Crippen LogP contribution in [0.2, 0.25) is 0 Å². The second-order valence-corrected chi connectivity index (χ2v) is 7.74. The topological polar surface area (TPSA) is 37.3 Å². The summed E-state index contributed by atoms with van der Waals surface area (Å²) in [5, 5.41) is 9.29. The van der Waals surface area contributed by atoms with E-state index in [9.17, 15) is 9.90 Å². The largest absolute Gasteiger partial charge is 0.481 e. The molecule has 0 radical (unpaired) electrons. The summed E-state index contributed by atoms with van der Waals surface area (Å²) < 4.78 is 0. The predicted molar refractivity (Wildman–Crippen MR) is 82.6 cm³/mol. The minimum atomic E-state index is -0.658. The van der Waals surface area contributed by atoms with Crippen LogP contribution < -0.4 is 0 Å². The van der Waals surface area contributed by atoms with E-state index >= 15 is 0 Å². The molecule has 0 amide bonds. The van der Waals surface area contributed by atoms with Gasteiger partial charge in [0.1, 0.15) is 0 Å². The van der Waals surface area contributed by atoms with Crippen molar-refractivity contribution in [3.05, 3.63) is 22.8 Å². The molecule has 0 bridgehead atoms. The number of hydrogen-bond acceptors (Lipinski definition) is 1. The number of allylic oxidation sites excluding steroid dienone is 4. The van der Waals surface area contributed by atoms with E-state index in [2.05, 4.69) is 40.7 Å². The molecule has 0 saturated heterocycles. The molecule has 2 aliphatic carbocycles. The van der Waals surface area contributed by atoms with E-state index in [1.54, 1.807) is 0 Å². The Kier molecular flexibility index (Phi) is 3.88. The maximum absolute atomic E-state index is 11.3. The van der Waals surface area contributed by atoms with Crippen LogP contribution >= 0.6 is 0 Å². The zero-order chi connectivity index (χ0) is 15.1. The Balaban J connectivity index is 2.52. The number of carboxylic acids is 1. The van der Waals surface area contributed by atoms with E-state index in [0.29, 0.717) is 6.42 Å². The maximum atomic E-state index is 11.3. The van der Waals surface area contributed by atoms with Crippen molar-refractivity contribution in [2.75, 3.05) is 0 Å². The molecule has 2 nitrogen and oxygen atoms in total. The van der Waals surface area contributed by atoms with Gasteiger partial charge in [-0.05, 0) is 55.4 Å². The molecule has 0 aliphatic heterocycles. The lowest BCUT2D eigenvalue weighted by Crippen LogP contribution is -2.42. The molecular weight excluding hydrogens is 248 g/mol. The molecule has 20 heavy (non-hydrogen) atoms. The summed E-state index contributed by atoms with van der Waals surface area (Å²) in [7, 11) is 0. The van der Waals surface area contributed by atoms with Crippen LogP contribution in [-0.4, -0.2) is 11.1 Å². The van der Waals surface area contributed by atoms with Gasteiger partial charge in [0.25, 0.3) is 0 Å². The molecule has 0 aromatic heterocycles. The van der Waals surface area contributed by atoms with E-state index in [-0.39, 0.29) is 16.7 Å². The third-order valence-corrected chi connectivity index (χ3v) is 5.59. The molecule has 1 saturated carbocycles. The second kappa shape index (κ2) is 5.05. The van der Waals surface area contributed by atoms with Crippen molar-refractivity contribution in [2.24, 2.45) is 16.7 Å². The number of aliphatic carboxylic acids is 1. The van der Waals surface area contributed by atoms with Gasteiger partial charge in [0.2, 0.25) is 0 Å². The van der Waals surface area contributed by atoms with Gasteiger partial charge in [0.05, 0.1) is 0 Å². The first-order chi connectivity index (χ1) is 9.17. The molecular formula is C18H28O2. The molecule has 0 unspecified atom stereocenters. The molecule has 0 aromatic rings. The second-order valence-electron chi connectivity index (χ2n) is 7.74. The lowest BCUT2D eigenvalue weighted by Gasteiger charge is -2.52. The fraction of sp³-hybridized carbons (Fsp3) is 0.722.